The Morgan fingerprint density at radius 1 is 0.806 bits per heavy atom. The van der Waals surface area contributed by atoms with E-state index in [2.05, 4.69) is 65.5 Å². The van der Waals surface area contributed by atoms with E-state index in [1.807, 2.05) is 0 Å². The predicted molar refractivity (Wildman–Crippen MR) is 128 cm³/mol. The Labute approximate surface area is 188 Å². The second kappa shape index (κ2) is 7.78. The van der Waals surface area contributed by atoms with Gasteiger partial charge < -0.3 is 4.57 Å². The molecule has 0 radical (unpaired) electrons. The predicted octanol–water partition coefficient (Wildman–Crippen LogP) is 5.34. The Kier molecular flexibility index (Phi) is 5.03. The Hall–Kier alpha value is -1.58. The topological polar surface area (TPSA) is 11.4 Å². The molecule has 3 nitrogen and oxygen atoms in total. The molecule has 1 aromatic carbocycles. The van der Waals surface area contributed by atoms with E-state index in [1.54, 1.807) is 32.1 Å². The third-order valence-corrected chi connectivity index (χ3v) is 9.20. The minimum Gasteiger partial charge on any atom is -0.318 e. The summed E-state index contributed by atoms with van der Waals surface area (Å²) in [6.07, 6.45) is 7.74. The molecule has 0 N–H and O–H groups in total. The van der Waals surface area contributed by atoms with Crippen molar-refractivity contribution in [3.05, 3.63) is 52.8 Å². The molecule has 0 spiro atoms. The van der Waals surface area contributed by atoms with Crippen LogP contribution in [0.3, 0.4) is 0 Å². The zero-order valence-electron chi connectivity index (χ0n) is 19.7. The summed E-state index contributed by atoms with van der Waals surface area (Å²) in [5.74, 6) is 4.22. The van der Waals surface area contributed by atoms with Gasteiger partial charge in [-0.2, -0.15) is 0 Å². The van der Waals surface area contributed by atoms with E-state index in [0.717, 1.165) is 36.3 Å². The molecule has 0 amide bonds. The van der Waals surface area contributed by atoms with Crippen LogP contribution in [-0.2, 0) is 6.54 Å². The molecule has 7 rings (SSSR count). The van der Waals surface area contributed by atoms with Crippen molar-refractivity contribution in [1.82, 2.24) is 14.4 Å². The molecule has 5 fully saturated rings. The Morgan fingerprint density at radius 3 is 2.13 bits per heavy atom. The van der Waals surface area contributed by atoms with Crippen LogP contribution in [-0.4, -0.2) is 46.6 Å². The molecule has 5 aliphatic rings. The van der Waals surface area contributed by atoms with Crippen molar-refractivity contribution in [3.63, 3.8) is 0 Å². The first-order valence-corrected chi connectivity index (χ1v) is 12.8. The number of benzene rings is 1. The average molecular weight is 418 g/mol. The summed E-state index contributed by atoms with van der Waals surface area (Å²) in [5, 5.41) is 0. The first-order valence-electron chi connectivity index (χ1n) is 12.8. The van der Waals surface area contributed by atoms with Crippen LogP contribution in [0.25, 0.3) is 5.69 Å². The lowest BCUT2D eigenvalue weighted by Gasteiger charge is -2.58. The molecule has 1 aliphatic heterocycles. The van der Waals surface area contributed by atoms with Crippen LogP contribution in [0.5, 0.6) is 0 Å². The van der Waals surface area contributed by atoms with E-state index in [-0.39, 0.29) is 0 Å². The van der Waals surface area contributed by atoms with E-state index in [4.69, 9.17) is 0 Å². The Morgan fingerprint density at radius 2 is 1.48 bits per heavy atom. The van der Waals surface area contributed by atoms with Gasteiger partial charge in [-0.3, -0.25) is 9.80 Å². The Bertz CT molecular complexity index is 921. The molecule has 0 unspecified atom stereocenters. The van der Waals surface area contributed by atoms with Gasteiger partial charge in [0.1, 0.15) is 0 Å². The zero-order chi connectivity index (χ0) is 21.1. The van der Waals surface area contributed by atoms with Crippen LogP contribution < -0.4 is 0 Å². The van der Waals surface area contributed by atoms with Gasteiger partial charge in [0.2, 0.25) is 0 Å². The van der Waals surface area contributed by atoms with Crippen molar-refractivity contribution in [2.45, 2.75) is 65.5 Å². The highest BCUT2D eigenvalue weighted by Crippen LogP contribution is 2.55. The van der Waals surface area contributed by atoms with Crippen molar-refractivity contribution in [3.8, 4) is 5.69 Å². The van der Waals surface area contributed by atoms with Crippen molar-refractivity contribution in [2.75, 3.05) is 26.2 Å². The molecule has 1 aromatic heterocycles. The van der Waals surface area contributed by atoms with Crippen molar-refractivity contribution >= 4 is 0 Å². The Balaban J connectivity index is 1.12. The molecule has 0 atom stereocenters. The molecule has 2 aromatic rings. The second-order valence-electron chi connectivity index (χ2n) is 11.3. The average Bonchev–Trinajstić information content (AvgIpc) is 3.01. The molecule has 31 heavy (non-hydrogen) atoms. The summed E-state index contributed by atoms with van der Waals surface area (Å²) in [4.78, 5) is 5.62. The highest BCUT2D eigenvalue weighted by molar-refractivity contribution is 5.42. The largest absolute Gasteiger partial charge is 0.318 e. The van der Waals surface area contributed by atoms with Crippen LogP contribution in [0, 0.1) is 44.4 Å². The summed E-state index contributed by atoms with van der Waals surface area (Å²) >= 11 is 0. The summed E-state index contributed by atoms with van der Waals surface area (Å²) < 4.78 is 2.44. The van der Waals surface area contributed by atoms with Gasteiger partial charge in [0.05, 0.1) is 0 Å². The number of hydrogen-bond donors (Lipinski definition) is 0. The first kappa shape index (κ1) is 20.1. The van der Waals surface area contributed by atoms with Crippen LogP contribution >= 0.6 is 0 Å². The molecule has 3 heteroatoms. The minimum atomic E-state index is 0.918. The van der Waals surface area contributed by atoms with Crippen LogP contribution in [0.4, 0.5) is 0 Å². The fraction of sp³-hybridized carbons (Fsp3) is 0.643. The summed E-state index contributed by atoms with van der Waals surface area (Å²) in [7, 11) is 0. The van der Waals surface area contributed by atoms with Crippen molar-refractivity contribution < 1.29 is 0 Å². The lowest BCUT2D eigenvalue weighted by Crippen LogP contribution is -2.60. The fourth-order valence-electron chi connectivity index (χ4n) is 8.11. The molecular weight excluding hydrogens is 378 g/mol. The number of aryl methyl sites for hydroxylation is 2. The third-order valence-electron chi connectivity index (χ3n) is 9.20. The van der Waals surface area contributed by atoms with Crippen LogP contribution in [0.15, 0.2) is 30.3 Å². The number of piperazine rings is 1. The van der Waals surface area contributed by atoms with Gasteiger partial charge >= 0.3 is 0 Å². The monoisotopic (exact) mass is 417 g/mol. The van der Waals surface area contributed by atoms with Crippen molar-refractivity contribution in [1.29, 1.82) is 0 Å². The standard InChI is InChI=1S/C28H39N3/c1-19-5-4-6-27(11-19)31-20(2)12-26(21(31)3)18-29-7-9-30(10-8-29)28-24-14-22-13-23(16-24)17-25(28)15-22/h4-6,11-12,22-25,28H,7-10,13-18H2,1-3H3. The summed E-state index contributed by atoms with van der Waals surface area (Å²) in [6, 6.07) is 12.2. The van der Waals surface area contributed by atoms with E-state index in [0.29, 0.717) is 0 Å². The lowest BCUT2D eigenvalue weighted by molar-refractivity contribution is -0.0769. The van der Waals surface area contributed by atoms with Gasteiger partial charge in [-0.05, 0) is 106 Å². The first-order chi connectivity index (χ1) is 15.0. The zero-order valence-corrected chi connectivity index (χ0v) is 19.7. The normalized spacial score (nSPS) is 33.3. The van der Waals surface area contributed by atoms with E-state index < -0.39 is 0 Å². The van der Waals surface area contributed by atoms with Crippen molar-refractivity contribution in [2.24, 2.45) is 23.7 Å². The van der Waals surface area contributed by atoms with Gasteiger partial charge in [-0.1, -0.05) is 12.1 Å². The number of aromatic nitrogens is 1. The second-order valence-corrected chi connectivity index (χ2v) is 11.3. The smallest absolute Gasteiger partial charge is 0.0457 e. The number of hydrogen-bond acceptors (Lipinski definition) is 2. The van der Waals surface area contributed by atoms with Gasteiger partial charge in [-0.15, -0.1) is 0 Å². The highest BCUT2D eigenvalue weighted by Gasteiger charge is 2.50. The SMILES string of the molecule is Cc1cccc(-n2c(C)cc(CN3CCN(C4C5CC6CC(C5)CC4C6)CC3)c2C)c1. The van der Waals surface area contributed by atoms with Gasteiger partial charge in [0.25, 0.3) is 0 Å². The molecular formula is C28H39N3. The molecule has 166 valence electrons. The van der Waals surface area contributed by atoms with E-state index >= 15 is 0 Å². The highest BCUT2D eigenvalue weighted by atomic mass is 15.3. The van der Waals surface area contributed by atoms with Gasteiger partial charge in [-0.25, -0.2) is 0 Å². The van der Waals surface area contributed by atoms with Gasteiger partial charge in [0, 0.05) is 55.8 Å². The van der Waals surface area contributed by atoms with E-state index in [9.17, 15) is 0 Å². The molecule has 4 aliphatic carbocycles. The lowest BCUT2D eigenvalue weighted by atomic mass is 9.54. The maximum Gasteiger partial charge on any atom is 0.0457 e. The maximum atomic E-state index is 2.92. The fourth-order valence-corrected chi connectivity index (χ4v) is 8.11. The molecule has 1 saturated heterocycles. The third kappa shape index (κ3) is 3.58. The number of rotatable bonds is 4. The summed E-state index contributed by atoms with van der Waals surface area (Å²) in [5.41, 5.74) is 6.89. The number of nitrogens with zero attached hydrogens (tertiary/aromatic N) is 3. The molecule has 2 heterocycles. The maximum absolute atomic E-state index is 2.92. The quantitative estimate of drug-likeness (QED) is 0.665. The van der Waals surface area contributed by atoms with Crippen LogP contribution in [0.2, 0.25) is 0 Å². The van der Waals surface area contributed by atoms with Gasteiger partial charge in [0.15, 0.2) is 0 Å². The minimum absolute atomic E-state index is 0.918. The molecule has 4 bridgehead atoms. The van der Waals surface area contributed by atoms with Crippen LogP contribution in [0.1, 0.15) is 54.6 Å². The molecule has 4 saturated carbocycles. The van der Waals surface area contributed by atoms with E-state index in [1.165, 1.54) is 54.4 Å². The summed E-state index contributed by atoms with van der Waals surface area (Å²) in [6.45, 7) is 12.9.